The van der Waals surface area contributed by atoms with Gasteiger partial charge in [-0.25, -0.2) is 12.7 Å². The molecule has 34 heavy (non-hydrogen) atoms. The zero-order chi connectivity index (χ0) is 24.1. The molecule has 0 aliphatic carbocycles. The van der Waals surface area contributed by atoms with Gasteiger partial charge in [0.05, 0.1) is 25.2 Å². The van der Waals surface area contributed by atoms with Crippen LogP contribution < -0.4 is 4.74 Å². The number of esters is 1. The smallest absolute Gasteiger partial charge is 0.309 e. The lowest BCUT2D eigenvalue weighted by Gasteiger charge is -2.33. The molecule has 2 aliphatic rings. The van der Waals surface area contributed by atoms with Gasteiger partial charge in [-0.1, -0.05) is 42.5 Å². The van der Waals surface area contributed by atoms with Crippen molar-refractivity contribution in [1.82, 2.24) is 9.37 Å². The molecule has 2 heterocycles. The van der Waals surface area contributed by atoms with Crippen molar-refractivity contribution in [2.75, 3.05) is 33.4 Å². The standard InChI is InChI=1S/C25H32N2O6S/c1-3-31-25(28)20-12-14-27(15-13-20)34(29,30)23-18-33-26(2)24(23)21-10-7-11-22(16-21)32-17-19-8-5-4-6-9-19/h4-11,16,20,23-24H,3,12-15,17-18H2,1-2H3. The van der Waals surface area contributed by atoms with Gasteiger partial charge in [0, 0.05) is 20.1 Å². The van der Waals surface area contributed by atoms with E-state index in [4.69, 9.17) is 14.3 Å². The van der Waals surface area contributed by atoms with Crippen molar-refractivity contribution in [2.45, 2.75) is 37.7 Å². The number of carbonyl (C=O) groups excluding carboxylic acids is 1. The molecule has 8 nitrogen and oxygen atoms in total. The maximum atomic E-state index is 13.6. The summed E-state index contributed by atoms with van der Waals surface area (Å²) in [6, 6.07) is 16.9. The number of hydrogen-bond donors (Lipinski definition) is 0. The number of rotatable bonds is 8. The van der Waals surface area contributed by atoms with E-state index in [1.807, 2.05) is 54.6 Å². The van der Waals surface area contributed by atoms with Gasteiger partial charge >= 0.3 is 5.97 Å². The molecule has 2 fully saturated rings. The van der Waals surface area contributed by atoms with Crippen LogP contribution >= 0.6 is 0 Å². The minimum atomic E-state index is -3.65. The van der Waals surface area contributed by atoms with Crippen molar-refractivity contribution < 1.29 is 27.5 Å². The van der Waals surface area contributed by atoms with E-state index < -0.39 is 21.3 Å². The second kappa shape index (κ2) is 10.9. The molecule has 2 aromatic rings. The Hall–Kier alpha value is -2.46. The van der Waals surface area contributed by atoms with Crippen LogP contribution in [-0.2, 0) is 31.0 Å². The molecule has 2 aliphatic heterocycles. The Balaban J connectivity index is 1.46. The van der Waals surface area contributed by atoms with Crippen LogP contribution in [0.15, 0.2) is 54.6 Å². The number of nitrogens with zero attached hydrogens (tertiary/aromatic N) is 2. The van der Waals surface area contributed by atoms with Crippen LogP contribution in [0, 0.1) is 5.92 Å². The summed E-state index contributed by atoms with van der Waals surface area (Å²) in [5, 5.41) is 0.866. The van der Waals surface area contributed by atoms with Crippen LogP contribution in [0.4, 0.5) is 0 Å². The highest BCUT2D eigenvalue weighted by atomic mass is 32.2. The SMILES string of the molecule is CCOC(=O)C1CCN(S(=O)(=O)C2CON(C)C2c2cccc(OCc3ccccc3)c2)CC1. The fourth-order valence-corrected chi connectivity index (χ4v) is 6.59. The maximum Gasteiger partial charge on any atom is 0.309 e. The summed E-state index contributed by atoms with van der Waals surface area (Å²) in [4.78, 5) is 17.7. The van der Waals surface area contributed by atoms with Gasteiger partial charge in [0.1, 0.15) is 17.6 Å². The summed E-state index contributed by atoms with van der Waals surface area (Å²) in [7, 11) is -1.89. The molecule has 0 saturated carbocycles. The summed E-state index contributed by atoms with van der Waals surface area (Å²) < 4.78 is 39.7. The Morgan fingerprint density at radius 3 is 2.53 bits per heavy atom. The molecule has 184 valence electrons. The van der Waals surface area contributed by atoms with Crippen LogP contribution in [0.3, 0.4) is 0 Å². The summed E-state index contributed by atoms with van der Waals surface area (Å²) >= 11 is 0. The minimum absolute atomic E-state index is 0.0798. The lowest BCUT2D eigenvalue weighted by Crippen LogP contribution is -2.46. The predicted molar refractivity (Wildman–Crippen MR) is 127 cm³/mol. The Labute approximate surface area is 201 Å². The van der Waals surface area contributed by atoms with E-state index in [1.54, 1.807) is 19.0 Å². The first-order valence-electron chi connectivity index (χ1n) is 11.7. The molecular formula is C25H32N2O6S. The van der Waals surface area contributed by atoms with E-state index in [1.165, 1.54) is 4.31 Å². The first-order chi connectivity index (χ1) is 16.4. The number of sulfonamides is 1. The molecule has 0 bridgehead atoms. The molecular weight excluding hydrogens is 456 g/mol. The highest BCUT2D eigenvalue weighted by molar-refractivity contribution is 7.89. The van der Waals surface area contributed by atoms with Gasteiger partial charge in [0.2, 0.25) is 10.0 Å². The number of ether oxygens (including phenoxy) is 2. The molecule has 2 aromatic carbocycles. The van der Waals surface area contributed by atoms with Gasteiger partial charge < -0.3 is 9.47 Å². The van der Waals surface area contributed by atoms with Crippen LogP contribution in [0.5, 0.6) is 5.75 Å². The van der Waals surface area contributed by atoms with E-state index in [9.17, 15) is 13.2 Å². The van der Waals surface area contributed by atoms with Crippen molar-refractivity contribution in [2.24, 2.45) is 5.92 Å². The molecule has 0 amide bonds. The molecule has 2 unspecified atom stereocenters. The fourth-order valence-electron chi connectivity index (χ4n) is 4.60. The molecule has 4 rings (SSSR count). The number of piperidine rings is 1. The van der Waals surface area contributed by atoms with Crippen LogP contribution in [0.2, 0.25) is 0 Å². The second-order valence-electron chi connectivity index (χ2n) is 8.64. The molecule has 2 saturated heterocycles. The molecule has 0 radical (unpaired) electrons. The topological polar surface area (TPSA) is 85.4 Å². The largest absolute Gasteiger partial charge is 0.489 e. The predicted octanol–water partition coefficient (Wildman–Crippen LogP) is 3.16. The minimum Gasteiger partial charge on any atom is -0.489 e. The zero-order valence-corrected chi connectivity index (χ0v) is 20.4. The second-order valence-corrected chi connectivity index (χ2v) is 10.8. The van der Waals surface area contributed by atoms with Gasteiger partial charge in [-0.2, -0.15) is 5.06 Å². The highest BCUT2D eigenvalue weighted by Gasteiger charge is 2.46. The Morgan fingerprint density at radius 2 is 1.82 bits per heavy atom. The zero-order valence-electron chi connectivity index (χ0n) is 19.6. The molecule has 0 aromatic heterocycles. The number of hydrogen-bond acceptors (Lipinski definition) is 7. The summed E-state index contributed by atoms with van der Waals surface area (Å²) in [5.41, 5.74) is 1.88. The maximum absolute atomic E-state index is 13.6. The van der Waals surface area contributed by atoms with E-state index in [0.717, 1.165) is 11.1 Å². The van der Waals surface area contributed by atoms with Gasteiger partial charge in [-0.3, -0.25) is 9.63 Å². The van der Waals surface area contributed by atoms with Crippen molar-refractivity contribution >= 4 is 16.0 Å². The Kier molecular flexibility index (Phi) is 7.88. The monoisotopic (exact) mass is 488 g/mol. The third-order valence-electron chi connectivity index (χ3n) is 6.45. The highest BCUT2D eigenvalue weighted by Crippen LogP contribution is 2.37. The lowest BCUT2D eigenvalue weighted by atomic mass is 9.98. The van der Waals surface area contributed by atoms with E-state index in [0.29, 0.717) is 44.9 Å². The molecule has 0 spiro atoms. The third kappa shape index (κ3) is 5.43. The first-order valence-corrected chi connectivity index (χ1v) is 13.2. The van der Waals surface area contributed by atoms with Crippen LogP contribution in [0.1, 0.15) is 36.9 Å². The van der Waals surface area contributed by atoms with Crippen molar-refractivity contribution in [3.05, 3.63) is 65.7 Å². The van der Waals surface area contributed by atoms with E-state index >= 15 is 0 Å². The lowest BCUT2D eigenvalue weighted by molar-refractivity contribution is -0.149. The molecule has 9 heteroatoms. The quantitative estimate of drug-likeness (QED) is 0.528. The normalized spacial score (nSPS) is 22.5. The Bertz CT molecular complexity index is 1070. The Morgan fingerprint density at radius 1 is 1.09 bits per heavy atom. The number of hydroxylamine groups is 2. The van der Waals surface area contributed by atoms with Gasteiger partial charge in [-0.15, -0.1) is 0 Å². The van der Waals surface area contributed by atoms with Crippen LogP contribution in [-0.4, -0.2) is 62.4 Å². The van der Waals surface area contributed by atoms with Crippen molar-refractivity contribution in [1.29, 1.82) is 0 Å². The van der Waals surface area contributed by atoms with Gasteiger partial charge in [-0.05, 0) is 43.0 Å². The van der Waals surface area contributed by atoms with Gasteiger partial charge in [0.15, 0.2) is 0 Å². The molecule has 0 N–H and O–H groups in total. The number of benzene rings is 2. The van der Waals surface area contributed by atoms with Crippen molar-refractivity contribution in [3.8, 4) is 5.75 Å². The average Bonchev–Trinajstić information content (AvgIpc) is 3.26. The summed E-state index contributed by atoms with van der Waals surface area (Å²) in [6.45, 7) is 3.22. The summed E-state index contributed by atoms with van der Waals surface area (Å²) in [6.07, 6.45) is 0.934. The van der Waals surface area contributed by atoms with Crippen LogP contribution in [0.25, 0.3) is 0 Å². The fraction of sp³-hybridized carbons (Fsp3) is 0.480. The molecule has 2 atom stereocenters. The third-order valence-corrected chi connectivity index (χ3v) is 8.69. The summed E-state index contributed by atoms with van der Waals surface area (Å²) in [5.74, 6) is 0.185. The van der Waals surface area contributed by atoms with Gasteiger partial charge in [0.25, 0.3) is 0 Å². The van der Waals surface area contributed by atoms with E-state index in [2.05, 4.69) is 0 Å². The van der Waals surface area contributed by atoms with Crippen molar-refractivity contribution in [3.63, 3.8) is 0 Å². The number of carbonyl (C=O) groups is 1. The first kappa shape index (κ1) is 24.7. The average molecular weight is 489 g/mol. The van der Waals surface area contributed by atoms with E-state index in [-0.39, 0.29) is 18.5 Å².